The van der Waals surface area contributed by atoms with E-state index < -0.39 is 6.04 Å². The van der Waals surface area contributed by atoms with Crippen molar-refractivity contribution in [2.75, 3.05) is 5.73 Å². The number of rotatable bonds is 7. The molecule has 3 aromatic carbocycles. The average Bonchev–Trinajstić information content (AvgIpc) is 3.51. The third-order valence-electron chi connectivity index (χ3n) is 5.86. The van der Waals surface area contributed by atoms with E-state index in [0.29, 0.717) is 34.6 Å². The van der Waals surface area contributed by atoms with E-state index in [4.69, 9.17) is 21.9 Å². The van der Waals surface area contributed by atoms with Gasteiger partial charge in [-0.15, -0.1) is 0 Å². The number of imidazole rings is 1. The predicted octanol–water partition coefficient (Wildman–Crippen LogP) is 3.53. The molecule has 1 amide bonds. The standard InChI is InChI=1S/C26H24N8O/c27-23(28)17-8-6-16(7-9-17)22-14-30-25(31-22)21(12-15-4-2-1-3-5-15)32-26(35)18-10-11-20-19(13-18)24(29)34-33-20/h1-11,13-14,21H,12H2,(H3,27,28)(H,30,31)(H,32,35)(H3,29,33,34). The first kappa shape index (κ1) is 21.9. The van der Waals surface area contributed by atoms with Crippen LogP contribution in [0.4, 0.5) is 5.82 Å². The minimum absolute atomic E-state index is 0.0141. The molecule has 0 bridgehead atoms. The SMILES string of the molecule is N=C(N)c1ccc(-c2c[nH]c(C(Cc3ccccc3)NC(=O)c3ccc4[nH]nc(N)c4c3)n2)cc1. The van der Waals surface area contributed by atoms with Crippen molar-refractivity contribution in [3.8, 4) is 11.3 Å². The summed E-state index contributed by atoms with van der Waals surface area (Å²) >= 11 is 0. The second kappa shape index (κ2) is 9.14. The number of amidine groups is 1. The van der Waals surface area contributed by atoms with Gasteiger partial charge >= 0.3 is 0 Å². The molecule has 0 fully saturated rings. The topological polar surface area (TPSA) is 162 Å². The number of carbonyl (C=O) groups is 1. The van der Waals surface area contributed by atoms with Gasteiger partial charge in [-0.2, -0.15) is 5.10 Å². The van der Waals surface area contributed by atoms with Crippen molar-refractivity contribution in [3.63, 3.8) is 0 Å². The Morgan fingerprint density at radius 1 is 1.03 bits per heavy atom. The van der Waals surface area contributed by atoms with E-state index >= 15 is 0 Å². The number of anilines is 1. The number of nitrogen functional groups attached to an aromatic ring is 2. The van der Waals surface area contributed by atoms with E-state index in [2.05, 4.69) is 20.5 Å². The van der Waals surface area contributed by atoms with Crippen molar-refractivity contribution >= 4 is 28.5 Å². The van der Waals surface area contributed by atoms with Gasteiger partial charge in [-0.1, -0.05) is 54.6 Å². The van der Waals surface area contributed by atoms with E-state index in [1.165, 1.54) is 0 Å². The van der Waals surface area contributed by atoms with Crippen molar-refractivity contribution in [3.05, 3.63) is 102 Å². The quantitative estimate of drug-likeness (QED) is 0.160. The van der Waals surface area contributed by atoms with Crippen molar-refractivity contribution in [2.24, 2.45) is 5.73 Å². The van der Waals surface area contributed by atoms with Crippen molar-refractivity contribution < 1.29 is 4.79 Å². The second-order valence-electron chi connectivity index (χ2n) is 8.25. The van der Waals surface area contributed by atoms with Crippen LogP contribution in [0.15, 0.2) is 79.0 Å². The lowest BCUT2D eigenvalue weighted by Crippen LogP contribution is -2.30. The molecule has 9 heteroatoms. The van der Waals surface area contributed by atoms with Crippen LogP contribution in [-0.2, 0) is 6.42 Å². The van der Waals surface area contributed by atoms with Gasteiger partial charge in [-0.05, 0) is 30.2 Å². The van der Waals surface area contributed by atoms with Crippen LogP contribution in [0.2, 0.25) is 0 Å². The zero-order valence-electron chi connectivity index (χ0n) is 18.7. The normalized spacial score (nSPS) is 11.9. The number of aromatic nitrogens is 4. The van der Waals surface area contributed by atoms with E-state index in [1.807, 2.05) is 42.5 Å². The summed E-state index contributed by atoms with van der Waals surface area (Å²) in [5, 5.41) is 18.2. The molecule has 5 rings (SSSR count). The summed E-state index contributed by atoms with van der Waals surface area (Å²) in [6.07, 6.45) is 2.36. The molecule has 0 spiro atoms. The number of nitrogens with one attached hydrogen (secondary N) is 4. The number of nitrogens with zero attached hydrogens (tertiary/aromatic N) is 2. The first-order valence-corrected chi connectivity index (χ1v) is 11.1. The van der Waals surface area contributed by atoms with Crippen LogP contribution in [0.25, 0.3) is 22.2 Å². The van der Waals surface area contributed by atoms with Gasteiger partial charge in [-0.3, -0.25) is 15.3 Å². The monoisotopic (exact) mass is 464 g/mol. The van der Waals surface area contributed by atoms with Gasteiger partial charge in [0.25, 0.3) is 5.91 Å². The van der Waals surface area contributed by atoms with Crippen molar-refractivity contribution in [2.45, 2.75) is 12.5 Å². The zero-order chi connectivity index (χ0) is 24.4. The lowest BCUT2D eigenvalue weighted by Gasteiger charge is -2.17. The molecule has 0 saturated carbocycles. The van der Waals surface area contributed by atoms with Gasteiger partial charge < -0.3 is 21.8 Å². The molecule has 1 unspecified atom stereocenters. The van der Waals surface area contributed by atoms with Gasteiger partial charge in [0.05, 0.1) is 17.3 Å². The number of H-pyrrole nitrogens is 2. The Bertz CT molecular complexity index is 1500. The van der Waals surface area contributed by atoms with Crippen LogP contribution >= 0.6 is 0 Å². The Morgan fingerprint density at radius 3 is 2.51 bits per heavy atom. The van der Waals surface area contributed by atoms with Crippen LogP contribution in [-0.4, -0.2) is 31.9 Å². The number of amides is 1. The number of nitrogens with two attached hydrogens (primary N) is 2. The highest BCUT2D eigenvalue weighted by Gasteiger charge is 2.21. The summed E-state index contributed by atoms with van der Waals surface area (Å²) in [5.41, 5.74) is 16.0. The smallest absolute Gasteiger partial charge is 0.251 e. The molecule has 8 N–H and O–H groups in total. The van der Waals surface area contributed by atoms with Gasteiger partial charge in [0.15, 0.2) is 5.82 Å². The maximum atomic E-state index is 13.2. The Hall–Kier alpha value is -4.92. The van der Waals surface area contributed by atoms with Crippen LogP contribution in [0.5, 0.6) is 0 Å². The third kappa shape index (κ3) is 4.60. The molecule has 1 atom stereocenters. The molecule has 35 heavy (non-hydrogen) atoms. The molecule has 0 aliphatic rings. The fourth-order valence-corrected chi connectivity index (χ4v) is 3.97. The third-order valence-corrected chi connectivity index (χ3v) is 5.86. The van der Waals surface area contributed by atoms with Crippen LogP contribution in [0.3, 0.4) is 0 Å². The second-order valence-corrected chi connectivity index (χ2v) is 8.25. The van der Waals surface area contributed by atoms with E-state index in [-0.39, 0.29) is 11.7 Å². The highest BCUT2D eigenvalue weighted by atomic mass is 16.1. The summed E-state index contributed by atoms with van der Waals surface area (Å²) in [6, 6.07) is 22.1. The molecule has 0 saturated heterocycles. The first-order chi connectivity index (χ1) is 17.0. The minimum Gasteiger partial charge on any atom is -0.384 e. The van der Waals surface area contributed by atoms with Gasteiger partial charge in [0, 0.05) is 28.3 Å². The zero-order valence-corrected chi connectivity index (χ0v) is 18.7. The number of aromatic amines is 2. The molecular weight excluding hydrogens is 440 g/mol. The number of hydrogen-bond donors (Lipinski definition) is 6. The maximum absolute atomic E-state index is 13.2. The fourth-order valence-electron chi connectivity index (χ4n) is 3.97. The highest BCUT2D eigenvalue weighted by Crippen LogP contribution is 2.24. The fraction of sp³-hybridized carbons (Fsp3) is 0.0769. The summed E-state index contributed by atoms with van der Waals surface area (Å²) in [7, 11) is 0. The summed E-state index contributed by atoms with van der Waals surface area (Å²) < 4.78 is 0. The Balaban J connectivity index is 1.43. The summed E-state index contributed by atoms with van der Waals surface area (Å²) in [5.74, 6) is 0.760. The van der Waals surface area contributed by atoms with Crippen LogP contribution in [0.1, 0.15) is 33.4 Å². The van der Waals surface area contributed by atoms with Crippen molar-refractivity contribution in [1.82, 2.24) is 25.5 Å². The minimum atomic E-state index is -0.396. The molecule has 9 nitrogen and oxygen atoms in total. The highest BCUT2D eigenvalue weighted by molar-refractivity contribution is 6.00. The lowest BCUT2D eigenvalue weighted by atomic mass is 10.0. The predicted molar refractivity (Wildman–Crippen MR) is 136 cm³/mol. The lowest BCUT2D eigenvalue weighted by molar-refractivity contribution is 0.0935. The first-order valence-electron chi connectivity index (χ1n) is 11.1. The van der Waals surface area contributed by atoms with Gasteiger partial charge in [0.1, 0.15) is 11.7 Å². The Kier molecular flexibility index (Phi) is 5.72. The molecule has 2 heterocycles. The summed E-state index contributed by atoms with van der Waals surface area (Å²) in [6.45, 7) is 0. The number of hydrogen-bond acceptors (Lipinski definition) is 5. The number of benzene rings is 3. The van der Waals surface area contributed by atoms with Crippen LogP contribution in [0, 0.1) is 5.41 Å². The maximum Gasteiger partial charge on any atom is 0.251 e. The molecular formula is C26H24N8O. The van der Waals surface area contributed by atoms with E-state index in [1.54, 1.807) is 36.5 Å². The number of fused-ring (bicyclic) bond motifs is 1. The Labute approximate surface area is 201 Å². The number of carbonyl (C=O) groups excluding carboxylic acids is 1. The molecule has 174 valence electrons. The largest absolute Gasteiger partial charge is 0.384 e. The molecule has 2 aromatic heterocycles. The molecule has 0 aliphatic carbocycles. The van der Waals surface area contributed by atoms with Crippen molar-refractivity contribution in [1.29, 1.82) is 5.41 Å². The average molecular weight is 465 g/mol. The van der Waals surface area contributed by atoms with E-state index in [9.17, 15) is 4.79 Å². The Morgan fingerprint density at radius 2 is 1.77 bits per heavy atom. The summed E-state index contributed by atoms with van der Waals surface area (Å²) in [4.78, 5) is 21.2. The molecule has 0 aliphatic heterocycles. The van der Waals surface area contributed by atoms with E-state index in [0.717, 1.165) is 22.3 Å². The molecule has 0 radical (unpaired) electrons. The van der Waals surface area contributed by atoms with Crippen LogP contribution < -0.4 is 16.8 Å². The van der Waals surface area contributed by atoms with Gasteiger partial charge in [-0.25, -0.2) is 4.98 Å². The molecule has 5 aromatic rings. The van der Waals surface area contributed by atoms with Gasteiger partial charge in [0.2, 0.25) is 0 Å².